The van der Waals surface area contributed by atoms with E-state index in [1.807, 2.05) is 0 Å². The van der Waals surface area contributed by atoms with Crippen LogP contribution in [0.5, 0.6) is 5.75 Å². The number of nitrogens with one attached hydrogen (secondary N) is 1. The summed E-state index contributed by atoms with van der Waals surface area (Å²) in [5.74, 6) is -2.85. The minimum atomic E-state index is -4.85. The molecule has 1 N–H and O–H groups in total. The zero-order valence-corrected chi connectivity index (χ0v) is 13.3. The molecule has 0 aliphatic rings. The van der Waals surface area contributed by atoms with Crippen LogP contribution < -0.4 is 10.1 Å². The van der Waals surface area contributed by atoms with Crippen molar-refractivity contribution in [1.82, 2.24) is 0 Å². The Balaban J connectivity index is 1.96. The predicted molar refractivity (Wildman–Crippen MR) is 83.0 cm³/mol. The minimum absolute atomic E-state index is 0.0750. The largest absolute Gasteiger partial charge is 0.573 e. The molecule has 5 nitrogen and oxygen atoms in total. The molecule has 2 aromatic carbocycles. The maximum atomic E-state index is 13.5. The molecule has 26 heavy (non-hydrogen) atoms. The van der Waals surface area contributed by atoms with Gasteiger partial charge in [-0.1, -0.05) is 12.1 Å². The van der Waals surface area contributed by atoms with Crippen molar-refractivity contribution in [3.63, 3.8) is 0 Å². The summed E-state index contributed by atoms with van der Waals surface area (Å²) in [5.41, 5.74) is -0.154. The van der Waals surface area contributed by atoms with Gasteiger partial charge in [-0.05, 0) is 43.3 Å². The van der Waals surface area contributed by atoms with E-state index >= 15 is 0 Å². The molecule has 0 spiro atoms. The van der Waals surface area contributed by atoms with E-state index in [9.17, 15) is 27.2 Å². The van der Waals surface area contributed by atoms with Crippen molar-refractivity contribution in [2.45, 2.75) is 19.4 Å². The first kappa shape index (κ1) is 19.2. The molecule has 0 fully saturated rings. The molecule has 0 unspecified atom stereocenters. The SMILES string of the molecule is C[C@H](OC(=O)c1ccc(OC(F)(F)F)cc1)C(=O)Nc1ccccc1F. The number of para-hydroxylation sites is 1. The Morgan fingerprint density at radius 2 is 1.65 bits per heavy atom. The van der Waals surface area contributed by atoms with Crippen LogP contribution in [0.3, 0.4) is 0 Å². The average Bonchev–Trinajstić information content (AvgIpc) is 2.56. The molecule has 0 aliphatic carbocycles. The lowest BCUT2D eigenvalue weighted by Crippen LogP contribution is -2.30. The Kier molecular flexibility index (Phi) is 5.81. The van der Waals surface area contributed by atoms with Gasteiger partial charge in [-0.2, -0.15) is 0 Å². The van der Waals surface area contributed by atoms with Crippen LogP contribution in [-0.4, -0.2) is 24.3 Å². The van der Waals surface area contributed by atoms with Gasteiger partial charge in [0.05, 0.1) is 11.3 Å². The Morgan fingerprint density at radius 3 is 2.23 bits per heavy atom. The minimum Gasteiger partial charge on any atom is -0.449 e. The summed E-state index contributed by atoms with van der Waals surface area (Å²) in [7, 11) is 0. The molecular weight excluding hydrogens is 358 g/mol. The van der Waals surface area contributed by atoms with Crippen molar-refractivity contribution in [3.8, 4) is 5.75 Å². The molecule has 0 aromatic heterocycles. The Hall–Kier alpha value is -3.10. The van der Waals surface area contributed by atoms with Crippen LogP contribution >= 0.6 is 0 Å². The van der Waals surface area contributed by atoms with Crippen LogP contribution in [0.25, 0.3) is 0 Å². The standard InChI is InChI=1S/C17H13F4NO4/c1-10(15(23)22-14-5-3-2-4-13(14)18)25-16(24)11-6-8-12(9-7-11)26-17(19,20)21/h2-10H,1H3,(H,22,23)/t10-/m0/s1. The van der Waals surface area contributed by atoms with Crippen LogP contribution in [0.2, 0.25) is 0 Å². The highest BCUT2D eigenvalue weighted by molar-refractivity contribution is 5.97. The van der Waals surface area contributed by atoms with E-state index < -0.39 is 35.9 Å². The van der Waals surface area contributed by atoms with E-state index in [4.69, 9.17) is 4.74 Å². The molecule has 0 aliphatic heterocycles. The first-order chi connectivity index (χ1) is 12.2. The molecule has 0 saturated heterocycles. The average molecular weight is 371 g/mol. The summed E-state index contributed by atoms with van der Waals surface area (Å²) >= 11 is 0. The van der Waals surface area contributed by atoms with Gasteiger partial charge in [-0.25, -0.2) is 9.18 Å². The monoisotopic (exact) mass is 371 g/mol. The zero-order valence-electron chi connectivity index (χ0n) is 13.3. The third-order valence-corrected chi connectivity index (χ3v) is 3.11. The number of rotatable bonds is 5. The van der Waals surface area contributed by atoms with E-state index in [-0.39, 0.29) is 11.3 Å². The van der Waals surface area contributed by atoms with Crippen LogP contribution in [0.1, 0.15) is 17.3 Å². The van der Waals surface area contributed by atoms with Gasteiger partial charge >= 0.3 is 12.3 Å². The maximum Gasteiger partial charge on any atom is 0.573 e. The summed E-state index contributed by atoms with van der Waals surface area (Å²) < 4.78 is 58.3. The lowest BCUT2D eigenvalue weighted by Gasteiger charge is -2.14. The van der Waals surface area contributed by atoms with Crippen molar-refractivity contribution in [2.75, 3.05) is 5.32 Å². The topological polar surface area (TPSA) is 64.6 Å². The Bertz CT molecular complexity index is 790. The number of ether oxygens (including phenoxy) is 2. The van der Waals surface area contributed by atoms with Gasteiger partial charge < -0.3 is 14.8 Å². The number of amides is 1. The van der Waals surface area contributed by atoms with Gasteiger partial charge in [0.1, 0.15) is 11.6 Å². The van der Waals surface area contributed by atoms with Crippen LogP contribution in [-0.2, 0) is 9.53 Å². The summed E-state index contributed by atoms with van der Waals surface area (Å²) in [6.45, 7) is 1.27. The van der Waals surface area contributed by atoms with Crippen LogP contribution in [0.4, 0.5) is 23.2 Å². The highest BCUT2D eigenvalue weighted by Gasteiger charge is 2.31. The third-order valence-electron chi connectivity index (χ3n) is 3.11. The molecule has 0 radical (unpaired) electrons. The molecule has 0 bridgehead atoms. The van der Waals surface area contributed by atoms with Gasteiger partial charge in [-0.15, -0.1) is 13.2 Å². The fourth-order valence-corrected chi connectivity index (χ4v) is 1.87. The number of alkyl halides is 3. The molecule has 2 rings (SSSR count). The number of halogens is 4. The van der Waals surface area contributed by atoms with Crippen molar-refractivity contribution in [1.29, 1.82) is 0 Å². The van der Waals surface area contributed by atoms with E-state index in [0.717, 1.165) is 30.3 Å². The molecular formula is C17H13F4NO4. The molecule has 1 amide bonds. The first-order valence-electron chi connectivity index (χ1n) is 7.28. The normalized spacial score (nSPS) is 12.2. The second kappa shape index (κ2) is 7.85. The molecule has 1 atom stereocenters. The Labute approximate surface area is 145 Å². The highest BCUT2D eigenvalue weighted by Crippen LogP contribution is 2.23. The van der Waals surface area contributed by atoms with Gasteiger partial charge in [0.25, 0.3) is 5.91 Å². The van der Waals surface area contributed by atoms with Crippen molar-refractivity contribution in [2.24, 2.45) is 0 Å². The van der Waals surface area contributed by atoms with E-state index in [2.05, 4.69) is 10.1 Å². The van der Waals surface area contributed by atoms with Crippen LogP contribution in [0.15, 0.2) is 48.5 Å². The summed E-state index contributed by atoms with van der Waals surface area (Å²) in [4.78, 5) is 23.9. The van der Waals surface area contributed by atoms with E-state index in [1.165, 1.54) is 25.1 Å². The Morgan fingerprint density at radius 1 is 1.04 bits per heavy atom. The van der Waals surface area contributed by atoms with E-state index in [0.29, 0.717) is 0 Å². The molecule has 138 valence electrons. The quantitative estimate of drug-likeness (QED) is 0.639. The third kappa shape index (κ3) is 5.47. The number of esters is 1. The summed E-state index contributed by atoms with van der Waals surface area (Å²) in [6, 6.07) is 9.44. The second-order valence-corrected chi connectivity index (χ2v) is 5.09. The van der Waals surface area contributed by atoms with Gasteiger partial charge in [0, 0.05) is 0 Å². The molecule has 0 saturated carbocycles. The number of benzene rings is 2. The van der Waals surface area contributed by atoms with Gasteiger partial charge in [0.15, 0.2) is 6.10 Å². The van der Waals surface area contributed by atoms with Gasteiger partial charge in [0.2, 0.25) is 0 Å². The number of hydrogen-bond acceptors (Lipinski definition) is 4. The fraction of sp³-hybridized carbons (Fsp3) is 0.176. The van der Waals surface area contributed by atoms with Gasteiger partial charge in [-0.3, -0.25) is 4.79 Å². The predicted octanol–water partition coefficient (Wildman–Crippen LogP) is 3.91. The summed E-state index contributed by atoms with van der Waals surface area (Å²) in [5, 5.41) is 2.27. The smallest absolute Gasteiger partial charge is 0.449 e. The molecule has 2 aromatic rings. The maximum absolute atomic E-state index is 13.5. The number of carbonyl (C=O) groups excluding carboxylic acids is 2. The summed E-state index contributed by atoms with van der Waals surface area (Å²) in [6.07, 6.45) is -6.10. The van der Waals surface area contributed by atoms with Crippen molar-refractivity contribution < 1.29 is 36.6 Å². The zero-order chi connectivity index (χ0) is 19.3. The van der Waals surface area contributed by atoms with Crippen LogP contribution in [0, 0.1) is 5.82 Å². The fourth-order valence-electron chi connectivity index (χ4n) is 1.87. The number of anilines is 1. The van der Waals surface area contributed by atoms with E-state index in [1.54, 1.807) is 0 Å². The lowest BCUT2D eigenvalue weighted by molar-refractivity contribution is -0.274. The molecule has 0 heterocycles. The van der Waals surface area contributed by atoms with Crippen molar-refractivity contribution in [3.05, 3.63) is 59.9 Å². The van der Waals surface area contributed by atoms with Crippen molar-refractivity contribution >= 4 is 17.6 Å². The number of hydrogen-bond donors (Lipinski definition) is 1. The second-order valence-electron chi connectivity index (χ2n) is 5.09. The highest BCUT2D eigenvalue weighted by atomic mass is 19.4. The lowest BCUT2D eigenvalue weighted by atomic mass is 10.2. The molecule has 9 heteroatoms. The number of carbonyl (C=O) groups is 2. The first-order valence-corrected chi connectivity index (χ1v) is 7.28.